The number of alkyl carbamates (subject to hydrolysis) is 1. The second kappa shape index (κ2) is 6.37. The van der Waals surface area contributed by atoms with Crippen molar-refractivity contribution in [2.24, 2.45) is 0 Å². The zero-order valence-corrected chi connectivity index (χ0v) is 7.73. The van der Waals surface area contributed by atoms with Crippen molar-refractivity contribution >= 4 is 64.5 Å². The Balaban J connectivity index is 0. The van der Waals surface area contributed by atoms with Crippen LogP contribution in [0, 0.1) is 0 Å². The molecule has 8 heteroatoms. The van der Waals surface area contributed by atoms with Crippen LogP contribution in [-0.2, 0) is 4.74 Å². The van der Waals surface area contributed by atoms with Gasteiger partial charge in [-0.25, -0.2) is 4.79 Å². The van der Waals surface area contributed by atoms with Crippen LogP contribution in [0.2, 0.25) is 0 Å². The van der Waals surface area contributed by atoms with Gasteiger partial charge in [0.25, 0.3) is 0 Å². The van der Waals surface area contributed by atoms with Gasteiger partial charge in [0.05, 0.1) is 0 Å². The van der Waals surface area contributed by atoms with Gasteiger partial charge >= 0.3 is 64.5 Å². The van der Waals surface area contributed by atoms with Gasteiger partial charge in [-0.05, 0) is 27.2 Å². The fourth-order valence-corrected chi connectivity index (χ4v) is 0.513. The Morgan fingerprint density at radius 1 is 1.36 bits per heavy atom. The van der Waals surface area contributed by atoms with E-state index in [1.807, 2.05) is 0 Å². The van der Waals surface area contributed by atoms with Crippen LogP contribution < -0.4 is 5.32 Å². The Hall–Kier alpha value is 0.761. The van der Waals surface area contributed by atoms with Crippen molar-refractivity contribution in [1.29, 1.82) is 0 Å². The number of hydrogen-bond donors (Lipinski definition) is 1. The molecule has 1 amide bonds. The van der Waals surface area contributed by atoms with Gasteiger partial charge in [-0.15, -0.1) is 0 Å². The van der Waals surface area contributed by atoms with Gasteiger partial charge in [0.2, 0.25) is 0 Å². The summed E-state index contributed by atoms with van der Waals surface area (Å²) in [5, 5.41) is 1.62. The Morgan fingerprint density at radius 2 is 1.79 bits per heavy atom. The van der Waals surface area contributed by atoms with Crippen LogP contribution >= 0.6 is 0 Å². The first kappa shape index (κ1) is 17.2. The molecule has 0 spiro atoms. The summed E-state index contributed by atoms with van der Waals surface area (Å²) in [6.45, 7) is -0.267. The van der Waals surface area contributed by atoms with E-state index in [9.17, 15) is 17.7 Å². The van der Waals surface area contributed by atoms with E-state index in [-0.39, 0.29) is 51.4 Å². The van der Waals surface area contributed by atoms with Crippen LogP contribution in [-0.4, -0.2) is 76.5 Å². The minimum atomic E-state index is -4.99. The topological polar surface area (TPSA) is 38.3 Å². The van der Waals surface area contributed by atoms with E-state index < -0.39 is 25.1 Å². The van der Waals surface area contributed by atoms with Crippen molar-refractivity contribution in [3.05, 3.63) is 0 Å². The molecule has 0 rings (SSSR count). The molecule has 0 fully saturated rings. The van der Waals surface area contributed by atoms with Crippen LogP contribution in [0.3, 0.4) is 0 Å². The van der Waals surface area contributed by atoms with Crippen LogP contribution in [0.15, 0.2) is 0 Å². The molecule has 0 unspecified atom stereocenters. The fourth-order valence-electron chi connectivity index (χ4n) is 0.513. The number of nitrogens with one attached hydrogen (secondary N) is 1. The van der Waals surface area contributed by atoms with E-state index in [0.29, 0.717) is 0 Å². The van der Waals surface area contributed by atoms with Crippen LogP contribution in [0.1, 0.15) is 20.8 Å². The molecule has 14 heavy (non-hydrogen) atoms. The second-order valence-corrected chi connectivity index (χ2v) is 3.59. The minimum absolute atomic E-state index is 0. The van der Waals surface area contributed by atoms with Gasteiger partial charge in [0.1, 0.15) is 5.60 Å². The van der Waals surface area contributed by atoms with Gasteiger partial charge in [-0.2, -0.15) is 0 Å². The van der Waals surface area contributed by atoms with Crippen molar-refractivity contribution in [1.82, 2.24) is 5.32 Å². The number of ether oxygens (including phenoxy) is 1. The number of carbonyl (C=O) groups excluding carboxylic acids is 1. The fraction of sp³-hybridized carbons (Fsp3) is 0.833. The van der Waals surface area contributed by atoms with E-state index >= 15 is 0 Å². The molecular weight excluding hydrogens is 225 g/mol. The molecule has 3 nitrogen and oxygen atoms in total. The van der Waals surface area contributed by atoms with E-state index in [2.05, 4.69) is 4.74 Å². The van der Waals surface area contributed by atoms with Crippen molar-refractivity contribution in [2.45, 2.75) is 26.4 Å². The van der Waals surface area contributed by atoms with Crippen molar-refractivity contribution in [3.63, 3.8) is 0 Å². The van der Waals surface area contributed by atoms with Crippen molar-refractivity contribution in [2.75, 3.05) is 6.44 Å². The number of halogens is 3. The summed E-state index contributed by atoms with van der Waals surface area (Å²) < 4.78 is 39.5. The summed E-state index contributed by atoms with van der Waals surface area (Å²) in [5.41, 5.74) is -0.775. The molecule has 0 heterocycles. The van der Waals surface area contributed by atoms with E-state index in [0.717, 1.165) is 0 Å². The van der Waals surface area contributed by atoms with Gasteiger partial charge in [-0.1, -0.05) is 0 Å². The van der Waals surface area contributed by atoms with Crippen molar-refractivity contribution < 1.29 is 22.5 Å². The van der Waals surface area contributed by atoms with E-state index in [1.165, 1.54) is 0 Å². The maximum absolute atomic E-state index is 11.6. The van der Waals surface area contributed by atoms with Gasteiger partial charge in [0.15, 0.2) is 0 Å². The average molecular weight is 238 g/mol. The normalized spacial score (nSPS) is 11.6. The van der Waals surface area contributed by atoms with Crippen LogP contribution in [0.5, 0.6) is 0 Å². The SMILES string of the molecule is CC(C)(C)OC(=O)NC[B-](F)(F)F.[KH]. The Kier molecular flexibility index (Phi) is 7.81. The van der Waals surface area contributed by atoms with Gasteiger partial charge in [0, 0.05) is 0 Å². The zero-order valence-electron chi connectivity index (χ0n) is 7.73. The predicted octanol–water partition coefficient (Wildman–Crippen LogP) is 1.25. The van der Waals surface area contributed by atoms with Gasteiger partial charge < -0.3 is 23.0 Å². The molecule has 0 radical (unpaired) electrons. The number of hydrogen-bond acceptors (Lipinski definition) is 2. The Morgan fingerprint density at radius 3 is 2.07 bits per heavy atom. The van der Waals surface area contributed by atoms with E-state index in [4.69, 9.17) is 0 Å². The molecule has 0 aliphatic carbocycles. The number of rotatable bonds is 2. The second-order valence-electron chi connectivity index (χ2n) is 3.59. The molecule has 0 aromatic rings. The summed E-state index contributed by atoms with van der Waals surface area (Å²) in [4.78, 5) is 10.7. The van der Waals surface area contributed by atoms with Gasteiger partial charge in [-0.3, -0.25) is 0 Å². The molecule has 0 atom stereocenters. The molecule has 0 saturated heterocycles. The summed E-state index contributed by atoms with van der Waals surface area (Å²) in [6.07, 6.45) is -2.36. The summed E-state index contributed by atoms with van der Waals surface area (Å²) in [5.74, 6) is 0. The third-order valence-electron chi connectivity index (χ3n) is 0.877. The maximum atomic E-state index is 11.6. The number of carbonyl (C=O) groups is 1. The molecule has 0 aliphatic rings. The van der Waals surface area contributed by atoms with Crippen molar-refractivity contribution in [3.8, 4) is 0 Å². The predicted molar refractivity (Wildman–Crippen MR) is 50.5 cm³/mol. The van der Waals surface area contributed by atoms with Crippen LogP contribution in [0.4, 0.5) is 17.7 Å². The molecule has 0 aliphatic heterocycles. The first-order valence-electron chi connectivity index (χ1n) is 3.78. The third kappa shape index (κ3) is 12.8. The molecule has 0 bridgehead atoms. The molecule has 0 saturated carbocycles. The quantitative estimate of drug-likeness (QED) is 0.735. The Bertz CT molecular complexity index is 192. The molecular formula is C6H13BF3KNO2-. The third-order valence-corrected chi connectivity index (χ3v) is 0.877. The molecule has 80 valence electrons. The zero-order chi connectivity index (χ0) is 10.7. The monoisotopic (exact) mass is 238 g/mol. The standard InChI is InChI=1S/C6H12BF3NO2.K.H/c1-6(2,3)13-5(12)11-4-7(8,9)10;;/h4H2,1-3H3,(H,11,12);;/q-1;;. The number of amides is 1. The molecule has 1 N–H and O–H groups in total. The molecule has 0 aromatic heterocycles. The first-order chi connectivity index (χ1) is 5.60. The average Bonchev–Trinajstić information content (AvgIpc) is 1.78. The summed E-state index contributed by atoms with van der Waals surface area (Å²) in [7, 11) is 0. The Labute approximate surface area is 124 Å². The first-order valence-corrected chi connectivity index (χ1v) is 3.78. The van der Waals surface area contributed by atoms with Crippen LogP contribution in [0.25, 0.3) is 0 Å². The molecule has 0 aromatic carbocycles. The van der Waals surface area contributed by atoms with E-state index in [1.54, 1.807) is 26.1 Å². The summed E-state index contributed by atoms with van der Waals surface area (Å²) in [6, 6.07) is 0. The summed E-state index contributed by atoms with van der Waals surface area (Å²) >= 11 is 0.